The molecule has 1 atom stereocenters. The molecule has 4 aliphatic heterocycles. The summed E-state index contributed by atoms with van der Waals surface area (Å²) in [7, 11) is 0. The Hall–Kier alpha value is -3.10. The van der Waals surface area contributed by atoms with Gasteiger partial charge < -0.3 is 19.4 Å². The fourth-order valence-corrected chi connectivity index (χ4v) is 6.15. The minimum absolute atomic E-state index is 0.131. The quantitative estimate of drug-likeness (QED) is 0.662. The van der Waals surface area contributed by atoms with Crippen LogP contribution in [0, 0.1) is 11.8 Å². The third-order valence-electron chi connectivity index (χ3n) is 8.14. The summed E-state index contributed by atoms with van der Waals surface area (Å²) in [5, 5.41) is 2.36. The summed E-state index contributed by atoms with van der Waals surface area (Å²) in [4.78, 5) is 54.5. The monoisotopic (exact) mass is 482 g/mol. The highest BCUT2D eigenvalue weighted by atomic mass is 16.6. The van der Waals surface area contributed by atoms with Crippen LogP contribution < -0.4 is 10.2 Å². The Kier molecular flexibility index (Phi) is 6.67. The molecule has 9 heteroatoms. The van der Waals surface area contributed by atoms with Gasteiger partial charge in [0.1, 0.15) is 6.04 Å². The van der Waals surface area contributed by atoms with Crippen LogP contribution in [0.25, 0.3) is 0 Å². The largest absolute Gasteiger partial charge is 0.450 e. The van der Waals surface area contributed by atoms with Crippen molar-refractivity contribution in [2.75, 3.05) is 37.7 Å². The molecule has 35 heavy (non-hydrogen) atoms. The summed E-state index contributed by atoms with van der Waals surface area (Å²) in [5.41, 5.74) is 2.73. The maximum atomic E-state index is 12.9. The van der Waals surface area contributed by atoms with Gasteiger partial charge in [-0.15, -0.1) is 0 Å². The lowest BCUT2D eigenvalue weighted by Gasteiger charge is -2.40. The van der Waals surface area contributed by atoms with Crippen LogP contribution in [0.15, 0.2) is 18.2 Å². The van der Waals surface area contributed by atoms with E-state index < -0.39 is 6.04 Å². The van der Waals surface area contributed by atoms with Crippen LogP contribution in [-0.4, -0.2) is 72.4 Å². The molecule has 9 nitrogen and oxygen atoms in total. The van der Waals surface area contributed by atoms with Gasteiger partial charge >= 0.3 is 6.09 Å². The predicted molar refractivity (Wildman–Crippen MR) is 129 cm³/mol. The van der Waals surface area contributed by atoms with E-state index in [2.05, 4.69) is 16.3 Å². The van der Waals surface area contributed by atoms with Gasteiger partial charge in [-0.1, -0.05) is 0 Å². The van der Waals surface area contributed by atoms with Crippen LogP contribution >= 0.6 is 0 Å². The molecule has 3 fully saturated rings. The van der Waals surface area contributed by atoms with Crippen molar-refractivity contribution in [2.45, 2.75) is 58.0 Å². The topological polar surface area (TPSA) is 99.3 Å². The fraction of sp³-hybridized carbons (Fsp3) is 0.615. The van der Waals surface area contributed by atoms with Crippen molar-refractivity contribution in [3.05, 3.63) is 29.3 Å². The number of nitrogens with one attached hydrogen (secondary N) is 1. The number of anilines is 1. The second-order valence-electron chi connectivity index (χ2n) is 10.1. The highest BCUT2D eigenvalue weighted by molar-refractivity contribution is 6.05. The van der Waals surface area contributed by atoms with Gasteiger partial charge in [0.2, 0.25) is 11.8 Å². The lowest BCUT2D eigenvalue weighted by Crippen LogP contribution is -2.52. The van der Waals surface area contributed by atoms with Crippen molar-refractivity contribution in [2.24, 2.45) is 11.8 Å². The number of ether oxygens (including phenoxy) is 1. The number of fused-ring (bicyclic) bond motifs is 1. The first-order valence-corrected chi connectivity index (χ1v) is 12.9. The first-order valence-electron chi connectivity index (χ1n) is 12.9. The van der Waals surface area contributed by atoms with Gasteiger partial charge in [0.05, 0.1) is 6.61 Å². The van der Waals surface area contributed by atoms with E-state index in [4.69, 9.17) is 4.74 Å². The molecule has 1 unspecified atom stereocenters. The second kappa shape index (κ2) is 9.87. The van der Waals surface area contributed by atoms with Gasteiger partial charge in [0.25, 0.3) is 5.91 Å². The maximum absolute atomic E-state index is 12.9. The van der Waals surface area contributed by atoms with Crippen molar-refractivity contribution in [1.82, 2.24) is 15.1 Å². The smallest absolute Gasteiger partial charge is 0.409 e. The number of rotatable bonds is 4. The molecule has 0 spiro atoms. The number of amides is 4. The Morgan fingerprint density at radius 1 is 1.00 bits per heavy atom. The molecule has 5 rings (SSSR count). The molecule has 1 aromatic rings. The molecular weight excluding hydrogens is 448 g/mol. The standard InChI is InChI=1S/C26H34N4O5/c1-2-35-26(34)29-13-9-18(10-14-29)17-7-11-28(12-8-17)20-3-4-21-19(15-20)16-30(25(21)33)22-5-6-23(31)27-24(22)32/h3-4,15,17-18,22H,2,5-14,16H2,1H3,(H,27,31,32). The van der Waals surface area contributed by atoms with Crippen LogP contribution in [0.5, 0.6) is 0 Å². The van der Waals surface area contributed by atoms with E-state index in [0.717, 1.165) is 63.1 Å². The van der Waals surface area contributed by atoms with Crippen LogP contribution in [-0.2, 0) is 20.9 Å². The van der Waals surface area contributed by atoms with Crippen LogP contribution in [0.1, 0.15) is 61.4 Å². The fourth-order valence-electron chi connectivity index (χ4n) is 6.15. The zero-order valence-corrected chi connectivity index (χ0v) is 20.3. The Balaban J connectivity index is 1.16. The lowest BCUT2D eigenvalue weighted by atomic mass is 9.79. The summed E-state index contributed by atoms with van der Waals surface area (Å²) in [6.07, 6.45) is 4.79. The van der Waals surface area contributed by atoms with Crippen LogP contribution in [0.2, 0.25) is 0 Å². The van der Waals surface area contributed by atoms with E-state index >= 15 is 0 Å². The van der Waals surface area contributed by atoms with Crippen LogP contribution in [0.3, 0.4) is 0 Å². The number of hydrogen-bond donors (Lipinski definition) is 1. The van der Waals surface area contributed by atoms with Gasteiger partial charge in [0, 0.05) is 50.4 Å². The van der Waals surface area contributed by atoms with E-state index in [1.54, 1.807) is 4.90 Å². The average molecular weight is 483 g/mol. The molecule has 188 valence electrons. The minimum atomic E-state index is -0.581. The van der Waals surface area contributed by atoms with E-state index in [1.807, 2.05) is 24.0 Å². The molecule has 0 aliphatic carbocycles. The molecule has 4 aliphatic rings. The molecule has 1 aromatic carbocycles. The summed E-state index contributed by atoms with van der Waals surface area (Å²) >= 11 is 0. The molecule has 4 heterocycles. The third-order valence-corrected chi connectivity index (χ3v) is 8.14. The summed E-state index contributed by atoms with van der Waals surface area (Å²) < 4.78 is 5.14. The molecule has 1 N–H and O–H groups in total. The Labute approximate surface area is 205 Å². The molecule has 0 aromatic heterocycles. The Morgan fingerprint density at radius 2 is 1.69 bits per heavy atom. The number of imide groups is 1. The van der Waals surface area contributed by atoms with Gasteiger partial charge in [-0.05, 0) is 74.6 Å². The predicted octanol–water partition coefficient (Wildman–Crippen LogP) is 2.53. The van der Waals surface area contributed by atoms with Gasteiger partial charge in [-0.2, -0.15) is 0 Å². The number of nitrogens with zero attached hydrogens (tertiary/aromatic N) is 3. The molecule has 0 saturated carbocycles. The first-order chi connectivity index (χ1) is 16.9. The Morgan fingerprint density at radius 3 is 2.34 bits per heavy atom. The highest BCUT2D eigenvalue weighted by Gasteiger charge is 2.39. The molecule has 4 amide bonds. The van der Waals surface area contributed by atoms with E-state index in [9.17, 15) is 19.2 Å². The molecule has 3 saturated heterocycles. The van der Waals surface area contributed by atoms with E-state index in [0.29, 0.717) is 37.0 Å². The van der Waals surface area contributed by atoms with Crippen molar-refractivity contribution < 1.29 is 23.9 Å². The van der Waals surface area contributed by atoms with Crippen LogP contribution in [0.4, 0.5) is 10.5 Å². The molecule has 0 radical (unpaired) electrons. The number of likely N-dealkylation sites (tertiary alicyclic amines) is 1. The SMILES string of the molecule is CCOC(=O)N1CCC(C2CCN(c3ccc4c(c3)CN(C3CCC(=O)NC3=O)C4=O)CC2)CC1. The summed E-state index contributed by atoms with van der Waals surface area (Å²) in [5.74, 6) is 0.550. The van der Waals surface area contributed by atoms with Crippen molar-refractivity contribution in [1.29, 1.82) is 0 Å². The van der Waals surface area contributed by atoms with Crippen molar-refractivity contribution in [3.8, 4) is 0 Å². The van der Waals surface area contributed by atoms with Gasteiger partial charge in [0.15, 0.2) is 0 Å². The van der Waals surface area contributed by atoms with Crippen molar-refractivity contribution >= 4 is 29.5 Å². The van der Waals surface area contributed by atoms with Crippen molar-refractivity contribution in [3.63, 3.8) is 0 Å². The summed E-state index contributed by atoms with van der Waals surface area (Å²) in [6, 6.07) is 5.41. The average Bonchev–Trinajstić information content (AvgIpc) is 3.20. The number of carbonyl (C=O) groups is 4. The number of carbonyl (C=O) groups excluding carboxylic acids is 4. The highest BCUT2D eigenvalue weighted by Crippen LogP contribution is 2.36. The minimum Gasteiger partial charge on any atom is -0.450 e. The molecule has 0 bridgehead atoms. The molecular formula is C26H34N4O5. The third kappa shape index (κ3) is 4.73. The number of benzene rings is 1. The van der Waals surface area contributed by atoms with E-state index in [-0.39, 0.29) is 30.2 Å². The zero-order valence-electron chi connectivity index (χ0n) is 20.3. The maximum Gasteiger partial charge on any atom is 0.409 e. The Bertz CT molecular complexity index is 1010. The zero-order chi connectivity index (χ0) is 24.5. The normalized spacial score (nSPS) is 24.0. The van der Waals surface area contributed by atoms with Gasteiger partial charge in [-0.25, -0.2) is 4.79 Å². The lowest BCUT2D eigenvalue weighted by molar-refractivity contribution is -0.136. The first kappa shape index (κ1) is 23.6. The number of hydrogen-bond acceptors (Lipinski definition) is 6. The summed E-state index contributed by atoms with van der Waals surface area (Å²) in [6.45, 7) is 6.19. The second-order valence-corrected chi connectivity index (χ2v) is 10.1. The number of piperidine rings is 3. The van der Waals surface area contributed by atoms with Gasteiger partial charge in [-0.3, -0.25) is 19.7 Å². The van der Waals surface area contributed by atoms with E-state index in [1.165, 1.54) is 0 Å².